The van der Waals surface area contributed by atoms with E-state index < -0.39 is 41.1 Å². The first kappa shape index (κ1) is 21.4. The molecule has 0 bridgehead atoms. The minimum Gasteiger partial charge on any atom is -0.480 e. The summed E-state index contributed by atoms with van der Waals surface area (Å²) in [6, 6.07) is 6.92. The fourth-order valence-corrected chi connectivity index (χ4v) is 4.50. The molecule has 0 spiro atoms. The number of nitrogens with one attached hydrogen (secondary N) is 1. The van der Waals surface area contributed by atoms with Gasteiger partial charge in [-0.15, -0.1) is 11.8 Å². The minimum absolute atomic E-state index is 0.226. The highest BCUT2D eigenvalue weighted by Gasteiger charge is 2.54. The summed E-state index contributed by atoms with van der Waals surface area (Å²) in [4.78, 5) is 54.5. The topological polar surface area (TPSA) is 146 Å². The van der Waals surface area contributed by atoms with Crippen molar-refractivity contribution in [1.29, 1.82) is 0 Å². The number of aliphatic carboxylic acids is 2. The van der Waals surface area contributed by atoms with E-state index in [1.807, 2.05) is 0 Å². The van der Waals surface area contributed by atoms with Crippen molar-refractivity contribution >= 4 is 41.7 Å². The summed E-state index contributed by atoms with van der Waals surface area (Å²) < 4.78 is 0. The number of rotatable bonds is 8. The van der Waals surface area contributed by atoms with Crippen molar-refractivity contribution in [2.75, 3.05) is 12.4 Å². The van der Waals surface area contributed by atoms with Crippen LogP contribution in [0.2, 0.25) is 0 Å². The molecule has 1 fully saturated rings. The van der Waals surface area contributed by atoms with Crippen LogP contribution in [0.5, 0.6) is 0 Å². The Balaban J connectivity index is 1.78. The summed E-state index contributed by atoms with van der Waals surface area (Å²) in [7, 11) is 0. The number of carbonyl (C=O) groups excluding carboxylic acids is 2. The molecule has 2 aliphatic heterocycles. The Kier molecular flexibility index (Phi) is 6.40. The van der Waals surface area contributed by atoms with Gasteiger partial charge >= 0.3 is 11.9 Å². The largest absolute Gasteiger partial charge is 0.480 e. The molecule has 0 aliphatic carbocycles. The van der Waals surface area contributed by atoms with Crippen molar-refractivity contribution in [2.24, 2.45) is 5.16 Å². The zero-order valence-corrected chi connectivity index (χ0v) is 16.7. The van der Waals surface area contributed by atoms with Crippen molar-refractivity contribution in [3.8, 4) is 0 Å². The van der Waals surface area contributed by atoms with Crippen molar-refractivity contribution in [3.05, 3.63) is 47.2 Å². The van der Waals surface area contributed by atoms with E-state index in [9.17, 15) is 29.4 Å². The van der Waals surface area contributed by atoms with Gasteiger partial charge in [-0.3, -0.25) is 19.3 Å². The number of carboxylic acid groups (broad SMARTS) is 2. The average molecular weight is 433 g/mol. The van der Waals surface area contributed by atoms with E-state index in [1.54, 1.807) is 25.1 Å². The molecule has 1 saturated heterocycles. The molecular formula is C19H19N3O7S. The van der Waals surface area contributed by atoms with Gasteiger partial charge in [-0.05, 0) is 12.5 Å². The number of hydrogen-bond acceptors (Lipinski definition) is 7. The van der Waals surface area contributed by atoms with Gasteiger partial charge in [0.1, 0.15) is 23.7 Å². The van der Waals surface area contributed by atoms with Crippen LogP contribution >= 0.6 is 11.8 Å². The molecule has 2 amide bonds. The van der Waals surface area contributed by atoms with Crippen LogP contribution in [0.3, 0.4) is 0 Å². The Hall–Kier alpha value is -3.34. The van der Waals surface area contributed by atoms with Crippen molar-refractivity contribution in [1.82, 2.24) is 10.2 Å². The highest BCUT2D eigenvalue weighted by atomic mass is 32.2. The van der Waals surface area contributed by atoms with Gasteiger partial charge in [-0.25, -0.2) is 4.79 Å². The second kappa shape index (κ2) is 8.99. The van der Waals surface area contributed by atoms with Crippen LogP contribution in [0.25, 0.3) is 0 Å². The number of nitrogens with zero attached hydrogens (tertiary/aromatic N) is 2. The lowest BCUT2D eigenvalue weighted by molar-refractivity contribution is -0.152. The standard InChI is InChI=1S/C19H19N3O7S/c1-2-29-20-8-11-9-30-17-13(16(24)22(17)14(11)19(27)28)21-15(23)12(18(25)26)10-6-4-3-5-7-10/h3-8,12-13,17H,2,9H2,1H3,(H,21,23)(H,25,26)(H,27,28)/t12?,13-,17+/m1/s1. The molecule has 3 atom stereocenters. The number of amides is 2. The van der Waals surface area contributed by atoms with Gasteiger partial charge in [0.15, 0.2) is 5.92 Å². The molecule has 30 heavy (non-hydrogen) atoms. The molecular weight excluding hydrogens is 414 g/mol. The van der Waals surface area contributed by atoms with Gasteiger partial charge in [0.2, 0.25) is 5.91 Å². The molecule has 3 N–H and O–H groups in total. The normalized spacial score (nSPS) is 21.6. The Morgan fingerprint density at radius 3 is 2.63 bits per heavy atom. The van der Waals surface area contributed by atoms with Crippen molar-refractivity contribution in [3.63, 3.8) is 0 Å². The molecule has 2 heterocycles. The van der Waals surface area contributed by atoms with Gasteiger partial charge in [0.05, 0.1) is 6.21 Å². The maximum Gasteiger partial charge on any atom is 0.353 e. The summed E-state index contributed by atoms with van der Waals surface area (Å²) >= 11 is 1.24. The lowest BCUT2D eigenvalue weighted by atomic mass is 9.96. The second-order valence-electron chi connectivity index (χ2n) is 6.41. The van der Waals surface area contributed by atoms with Gasteiger partial charge in [-0.2, -0.15) is 0 Å². The van der Waals surface area contributed by atoms with Crippen LogP contribution < -0.4 is 5.32 Å². The summed E-state index contributed by atoms with van der Waals surface area (Å²) in [5, 5.41) is 24.5. The van der Waals surface area contributed by atoms with Crippen LogP contribution in [0.4, 0.5) is 0 Å². The van der Waals surface area contributed by atoms with E-state index in [4.69, 9.17) is 4.84 Å². The van der Waals surface area contributed by atoms with E-state index in [2.05, 4.69) is 10.5 Å². The van der Waals surface area contributed by atoms with E-state index in [0.717, 1.165) is 4.90 Å². The molecule has 1 aromatic carbocycles. The number of oxime groups is 1. The Bertz CT molecular complexity index is 931. The van der Waals surface area contributed by atoms with E-state index in [0.29, 0.717) is 12.2 Å². The number of β-lactam (4-membered cyclic amide) rings is 1. The number of carboxylic acids is 2. The fraction of sp³-hybridized carbons (Fsp3) is 0.316. The predicted molar refractivity (Wildman–Crippen MR) is 107 cm³/mol. The molecule has 2 aliphatic rings. The third kappa shape index (κ3) is 4.01. The molecule has 3 rings (SSSR count). The highest BCUT2D eigenvalue weighted by molar-refractivity contribution is 8.00. The number of carbonyl (C=O) groups is 4. The van der Waals surface area contributed by atoms with Crippen LogP contribution in [0.15, 0.2) is 46.8 Å². The SMILES string of the molecule is CCON=CC1=C(C(=O)O)N2C(=O)[C@@H](NC(=O)C(C(=O)O)c3ccccc3)[C@@H]2SC1. The zero-order chi connectivity index (χ0) is 21.8. The summed E-state index contributed by atoms with van der Waals surface area (Å²) in [5.74, 6) is -5.36. The first-order chi connectivity index (χ1) is 14.4. The number of hydrogen-bond donors (Lipinski definition) is 3. The van der Waals surface area contributed by atoms with Gasteiger partial charge in [-0.1, -0.05) is 35.5 Å². The quantitative estimate of drug-likeness (QED) is 0.234. The number of benzene rings is 1. The Morgan fingerprint density at radius 1 is 1.33 bits per heavy atom. The monoisotopic (exact) mass is 433 g/mol. The van der Waals surface area contributed by atoms with Crippen LogP contribution in [0.1, 0.15) is 18.4 Å². The maximum absolute atomic E-state index is 12.6. The van der Waals surface area contributed by atoms with E-state index in [1.165, 1.54) is 30.1 Å². The minimum atomic E-state index is -1.48. The summed E-state index contributed by atoms with van der Waals surface area (Å²) in [6.45, 7) is 2.03. The molecule has 0 radical (unpaired) electrons. The first-order valence-corrected chi connectivity index (χ1v) is 10.1. The van der Waals surface area contributed by atoms with Gasteiger partial charge < -0.3 is 20.4 Å². The van der Waals surface area contributed by atoms with E-state index in [-0.39, 0.29) is 17.0 Å². The van der Waals surface area contributed by atoms with Crippen molar-refractivity contribution in [2.45, 2.75) is 24.3 Å². The predicted octanol–water partition coefficient (Wildman–Crippen LogP) is 0.616. The third-order valence-corrected chi connectivity index (χ3v) is 5.85. The molecule has 1 unspecified atom stereocenters. The molecule has 158 valence electrons. The van der Waals surface area contributed by atoms with E-state index >= 15 is 0 Å². The molecule has 11 heteroatoms. The Labute approximate surface area is 175 Å². The molecule has 1 aromatic rings. The summed E-state index contributed by atoms with van der Waals surface area (Å²) in [6.07, 6.45) is 1.26. The Morgan fingerprint density at radius 2 is 2.03 bits per heavy atom. The van der Waals surface area contributed by atoms with Crippen molar-refractivity contribution < 1.29 is 34.2 Å². The van der Waals surface area contributed by atoms with Crippen LogP contribution in [-0.2, 0) is 24.0 Å². The smallest absolute Gasteiger partial charge is 0.353 e. The van der Waals surface area contributed by atoms with Crippen LogP contribution in [0, 0.1) is 0 Å². The lowest BCUT2D eigenvalue weighted by Crippen LogP contribution is -2.71. The summed E-state index contributed by atoms with van der Waals surface area (Å²) in [5.41, 5.74) is 0.363. The van der Waals surface area contributed by atoms with Crippen LogP contribution in [-0.4, -0.2) is 68.9 Å². The molecule has 0 aromatic heterocycles. The van der Waals surface area contributed by atoms with Gasteiger partial charge in [0.25, 0.3) is 5.91 Å². The fourth-order valence-electron chi connectivity index (χ4n) is 3.21. The zero-order valence-electron chi connectivity index (χ0n) is 15.8. The molecule has 0 saturated carbocycles. The highest BCUT2D eigenvalue weighted by Crippen LogP contribution is 2.40. The average Bonchev–Trinajstić information content (AvgIpc) is 2.72. The number of fused-ring (bicyclic) bond motifs is 1. The maximum atomic E-state index is 12.6. The second-order valence-corrected chi connectivity index (χ2v) is 7.51. The van der Waals surface area contributed by atoms with Gasteiger partial charge in [0, 0.05) is 11.3 Å². The first-order valence-electron chi connectivity index (χ1n) is 9.01. The number of thioether (sulfide) groups is 1. The molecule has 10 nitrogen and oxygen atoms in total. The lowest BCUT2D eigenvalue weighted by Gasteiger charge is -2.49. The third-order valence-electron chi connectivity index (χ3n) is 4.55.